The molecule has 0 saturated carbocycles. The maximum absolute atomic E-state index is 12.6. The molecule has 3 aliphatic rings. The van der Waals surface area contributed by atoms with Crippen molar-refractivity contribution in [2.75, 3.05) is 4.90 Å². The summed E-state index contributed by atoms with van der Waals surface area (Å²) in [6, 6.07) is 5.84. The molecule has 4 nitrogen and oxygen atoms in total. The Kier molecular flexibility index (Phi) is 2.25. The van der Waals surface area contributed by atoms with Gasteiger partial charge in [-0.1, -0.05) is 24.3 Å². The summed E-state index contributed by atoms with van der Waals surface area (Å²) in [7, 11) is 0. The Morgan fingerprint density at radius 3 is 2.20 bits per heavy atom. The molecule has 4 heteroatoms. The van der Waals surface area contributed by atoms with Gasteiger partial charge in [0.1, 0.15) is 0 Å². The second kappa shape index (κ2) is 3.79. The third-order valence-electron chi connectivity index (χ3n) is 4.52. The highest BCUT2D eigenvalue weighted by Crippen LogP contribution is 2.46. The molecule has 0 unspecified atom stereocenters. The largest absolute Gasteiger partial charge is 0.365 e. The number of benzene rings is 1. The lowest BCUT2D eigenvalue weighted by Gasteiger charge is -2.20. The van der Waals surface area contributed by atoms with Crippen LogP contribution in [0.4, 0.5) is 5.69 Å². The molecule has 4 atom stereocenters. The first-order valence-corrected chi connectivity index (χ1v) is 6.87. The van der Waals surface area contributed by atoms with Gasteiger partial charge in [0.05, 0.1) is 29.7 Å². The van der Waals surface area contributed by atoms with E-state index in [-0.39, 0.29) is 35.9 Å². The molecule has 1 aromatic carbocycles. The number of nitrogens with zero attached hydrogens (tertiary/aromatic N) is 1. The molecule has 0 spiro atoms. The van der Waals surface area contributed by atoms with Crippen molar-refractivity contribution in [1.82, 2.24) is 0 Å². The first kappa shape index (κ1) is 11.9. The third kappa shape index (κ3) is 1.34. The Balaban J connectivity index is 1.80. The lowest BCUT2D eigenvalue weighted by Crippen LogP contribution is -2.34. The van der Waals surface area contributed by atoms with Crippen LogP contribution in [-0.4, -0.2) is 24.0 Å². The van der Waals surface area contributed by atoms with E-state index in [1.54, 1.807) is 0 Å². The maximum Gasteiger partial charge on any atom is 0.240 e. The summed E-state index contributed by atoms with van der Waals surface area (Å²) in [4.78, 5) is 26.7. The van der Waals surface area contributed by atoms with Crippen molar-refractivity contribution in [2.45, 2.75) is 26.1 Å². The van der Waals surface area contributed by atoms with E-state index < -0.39 is 0 Å². The molecule has 2 saturated heterocycles. The van der Waals surface area contributed by atoms with E-state index in [9.17, 15) is 9.59 Å². The van der Waals surface area contributed by atoms with Gasteiger partial charge in [-0.15, -0.1) is 0 Å². The van der Waals surface area contributed by atoms with Crippen LogP contribution in [0.25, 0.3) is 0 Å². The molecular formula is C16H15NO3. The Hall–Kier alpha value is -1.94. The van der Waals surface area contributed by atoms with E-state index in [1.807, 2.05) is 44.2 Å². The smallest absolute Gasteiger partial charge is 0.240 e. The monoisotopic (exact) mass is 269 g/mol. The fourth-order valence-electron chi connectivity index (χ4n) is 3.50. The number of aryl methyl sites for hydroxylation is 2. The summed E-state index contributed by atoms with van der Waals surface area (Å²) < 4.78 is 5.64. The number of carbonyl (C=O) groups is 2. The number of ether oxygens (including phenoxy) is 1. The zero-order valence-corrected chi connectivity index (χ0v) is 11.4. The van der Waals surface area contributed by atoms with Crippen LogP contribution in [-0.2, 0) is 14.3 Å². The van der Waals surface area contributed by atoms with Crippen molar-refractivity contribution in [3.05, 3.63) is 41.5 Å². The first-order chi connectivity index (χ1) is 9.58. The molecule has 0 radical (unpaired) electrons. The number of hydrogen-bond donors (Lipinski definition) is 0. The highest BCUT2D eigenvalue weighted by Gasteiger charge is 2.61. The number of amides is 2. The van der Waals surface area contributed by atoms with Crippen LogP contribution in [0.5, 0.6) is 0 Å². The highest BCUT2D eigenvalue weighted by atomic mass is 16.5. The molecule has 1 aromatic rings. The number of imide groups is 1. The van der Waals surface area contributed by atoms with Crippen LogP contribution < -0.4 is 4.90 Å². The Labute approximate surface area is 117 Å². The van der Waals surface area contributed by atoms with E-state index in [0.717, 1.165) is 11.1 Å². The molecule has 2 fully saturated rings. The highest BCUT2D eigenvalue weighted by molar-refractivity contribution is 6.23. The van der Waals surface area contributed by atoms with Crippen LogP contribution in [0.1, 0.15) is 11.1 Å². The zero-order valence-electron chi connectivity index (χ0n) is 11.4. The van der Waals surface area contributed by atoms with Crippen molar-refractivity contribution < 1.29 is 14.3 Å². The summed E-state index contributed by atoms with van der Waals surface area (Å²) in [5.41, 5.74) is 2.70. The lowest BCUT2D eigenvalue weighted by atomic mass is 9.85. The van der Waals surface area contributed by atoms with Gasteiger partial charge < -0.3 is 4.74 Å². The van der Waals surface area contributed by atoms with Crippen LogP contribution in [0.3, 0.4) is 0 Å². The van der Waals surface area contributed by atoms with Crippen molar-refractivity contribution in [2.24, 2.45) is 11.8 Å². The number of hydrogen-bond acceptors (Lipinski definition) is 3. The molecule has 3 heterocycles. The van der Waals surface area contributed by atoms with Gasteiger partial charge in [0, 0.05) is 0 Å². The fraction of sp³-hybridized carbons (Fsp3) is 0.375. The van der Waals surface area contributed by atoms with Crippen molar-refractivity contribution in [3.8, 4) is 0 Å². The third-order valence-corrected chi connectivity index (χ3v) is 4.52. The summed E-state index contributed by atoms with van der Waals surface area (Å²) in [5, 5.41) is 0. The normalized spacial score (nSPS) is 34.2. The number of carbonyl (C=O) groups excluding carboxylic acids is 2. The van der Waals surface area contributed by atoms with E-state index in [4.69, 9.17) is 4.74 Å². The molecule has 0 aromatic heterocycles. The Morgan fingerprint density at radius 2 is 1.60 bits per heavy atom. The first-order valence-electron chi connectivity index (χ1n) is 6.87. The second-order valence-electron chi connectivity index (χ2n) is 5.80. The van der Waals surface area contributed by atoms with Gasteiger partial charge in [-0.3, -0.25) is 9.59 Å². The fourth-order valence-corrected chi connectivity index (χ4v) is 3.50. The second-order valence-corrected chi connectivity index (χ2v) is 5.80. The predicted octanol–water partition coefficient (Wildman–Crippen LogP) is 1.75. The van der Waals surface area contributed by atoms with Gasteiger partial charge in [0.2, 0.25) is 11.8 Å². The summed E-state index contributed by atoms with van der Waals surface area (Å²) in [5.74, 6) is -0.911. The van der Waals surface area contributed by atoms with E-state index >= 15 is 0 Å². The Morgan fingerprint density at radius 1 is 1.00 bits per heavy atom. The molecule has 0 aliphatic carbocycles. The summed E-state index contributed by atoms with van der Waals surface area (Å²) in [6.45, 7) is 3.88. The zero-order chi connectivity index (χ0) is 14.0. The van der Waals surface area contributed by atoms with Crippen molar-refractivity contribution >= 4 is 17.5 Å². The summed E-state index contributed by atoms with van der Waals surface area (Å²) >= 11 is 0. The van der Waals surface area contributed by atoms with Gasteiger partial charge in [-0.25, -0.2) is 4.90 Å². The predicted molar refractivity (Wildman–Crippen MR) is 73.2 cm³/mol. The van der Waals surface area contributed by atoms with E-state index in [2.05, 4.69) is 0 Å². The number of anilines is 1. The van der Waals surface area contributed by atoms with Gasteiger partial charge in [0.25, 0.3) is 0 Å². The van der Waals surface area contributed by atoms with Crippen LogP contribution in [0.2, 0.25) is 0 Å². The minimum atomic E-state index is -0.336. The molecule has 102 valence electrons. The van der Waals surface area contributed by atoms with E-state index in [1.165, 1.54) is 4.90 Å². The van der Waals surface area contributed by atoms with Crippen LogP contribution in [0.15, 0.2) is 30.4 Å². The quantitative estimate of drug-likeness (QED) is 0.576. The average Bonchev–Trinajstić information content (AvgIpc) is 3.08. The topological polar surface area (TPSA) is 46.6 Å². The van der Waals surface area contributed by atoms with Crippen LogP contribution in [0, 0.1) is 25.7 Å². The molecule has 3 aliphatic heterocycles. The average molecular weight is 269 g/mol. The standard InChI is InChI=1S/C16H15NO3/c1-8-3-4-9(2)10(7-8)17-15(18)13-11-5-6-12(20-11)14(13)16(17)19/h3-7,11-14H,1-2H3/t11-,12+,13-,14-/m0/s1. The molecule has 4 rings (SSSR count). The Bertz CT molecular complexity index is 634. The molecule has 2 amide bonds. The van der Waals surface area contributed by atoms with Gasteiger partial charge >= 0.3 is 0 Å². The number of fused-ring (bicyclic) bond motifs is 5. The lowest BCUT2D eigenvalue weighted by molar-refractivity contribution is -0.124. The minimum Gasteiger partial charge on any atom is -0.365 e. The van der Waals surface area contributed by atoms with Gasteiger partial charge in [-0.05, 0) is 31.0 Å². The molecular weight excluding hydrogens is 254 g/mol. The van der Waals surface area contributed by atoms with Gasteiger partial charge in [0.15, 0.2) is 0 Å². The SMILES string of the molecule is Cc1ccc(C)c(N2C(=O)[C@@H]3[C@@H](C2=O)[C@H]2C=C[C@@H]3O2)c1. The molecule has 2 bridgehead atoms. The summed E-state index contributed by atoms with van der Waals surface area (Å²) in [6.07, 6.45) is 3.36. The minimum absolute atomic E-state index is 0.120. The molecule has 0 N–H and O–H groups in total. The van der Waals surface area contributed by atoms with Crippen molar-refractivity contribution in [1.29, 1.82) is 0 Å². The van der Waals surface area contributed by atoms with Crippen molar-refractivity contribution in [3.63, 3.8) is 0 Å². The van der Waals surface area contributed by atoms with E-state index in [0.29, 0.717) is 5.69 Å². The molecule has 20 heavy (non-hydrogen) atoms. The van der Waals surface area contributed by atoms with Crippen LogP contribution >= 0.6 is 0 Å². The number of rotatable bonds is 1. The van der Waals surface area contributed by atoms with Gasteiger partial charge in [-0.2, -0.15) is 0 Å². The maximum atomic E-state index is 12.6.